The molecule has 0 aliphatic heterocycles. The fourth-order valence-corrected chi connectivity index (χ4v) is 2.29. The lowest BCUT2D eigenvalue weighted by molar-refractivity contribution is -0.137. The van der Waals surface area contributed by atoms with E-state index in [-0.39, 0.29) is 24.1 Å². The molecule has 7 heteroatoms. The van der Waals surface area contributed by atoms with E-state index in [1.807, 2.05) is 30.3 Å². The molecular weight excluding hydrogens is 359 g/mol. The van der Waals surface area contributed by atoms with Gasteiger partial charge in [-0.2, -0.15) is 18.2 Å². The third kappa shape index (κ3) is 5.13. The molecule has 1 aromatic heterocycles. The molecule has 27 heavy (non-hydrogen) atoms. The Morgan fingerprint density at radius 2 is 1.59 bits per heavy atom. The molecule has 0 saturated heterocycles. The van der Waals surface area contributed by atoms with Crippen LogP contribution in [0.15, 0.2) is 66.7 Å². The van der Waals surface area contributed by atoms with Crippen LogP contribution in [0.1, 0.15) is 11.1 Å². The van der Waals surface area contributed by atoms with Crippen LogP contribution in [0.5, 0.6) is 23.3 Å². The van der Waals surface area contributed by atoms with Crippen LogP contribution in [0.3, 0.4) is 0 Å². The van der Waals surface area contributed by atoms with Crippen molar-refractivity contribution in [2.75, 3.05) is 7.11 Å². The summed E-state index contributed by atoms with van der Waals surface area (Å²) in [6, 6.07) is 17.1. The van der Waals surface area contributed by atoms with Gasteiger partial charge in [-0.25, -0.2) is 0 Å². The van der Waals surface area contributed by atoms with E-state index in [1.54, 1.807) is 6.07 Å². The van der Waals surface area contributed by atoms with Crippen LogP contribution >= 0.6 is 0 Å². The summed E-state index contributed by atoms with van der Waals surface area (Å²) in [5.41, 5.74) is 0.144. The van der Waals surface area contributed by atoms with Crippen molar-refractivity contribution in [3.8, 4) is 23.3 Å². The van der Waals surface area contributed by atoms with E-state index >= 15 is 0 Å². The number of hydrogen-bond donors (Lipinski definition) is 0. The van der Waals surface area contributed by atoms with Crippen molar-refractivity contribution in [2.24, 2.45) is 0 Å². The first kappa shape index (κ1) is 18.6. The van der Waals surface area contributed by atoms with Crippen LogP contribution in [0.25, 0.3) is 0 Å². The Balaban J connectivity index is 1.79. The standard InChI is InChI=1S/C20H16F3NO3/c1-25-17-11-18(26-13-14-6-3-2-4-7-14)24-19(12-17)27-16-9-5-8-15(10-16)20(21,22)23/h2-12H,13H2,1H3. The van der Waals surface area contributed by atoms with Crippen LogP contribution in [-0.2, 0) is 12.8 Å². The summed E-state index contributed by atoms with van der Waals surface area (Å²) in [5.74, 6) is 0.728. The van der Waals surface area contributed by atoms with Crippen LogP contribution in [0, 0.1) is 0 Å². The van der Waals surface area contributed by atoms with Crippen molar-refractivity contribution < 1.29 is 27.4 Å². The Labute approximate surface area is 154 Å². The second kappa shape index (κ2) is 7.99. The number of ether oxygens (including phenoxy) is 3. The van der Waals surface area contributed by atoms with Gasteiger partial charge < -0.3 is 14.2 Å². The number of alkyl halides is 3. The van der Waals surface area contributed by atoms with Gasteiger partial charge in [-0.3, -0.25) is 0 Å². The van der Waals surface area contributed by atoms with Gasteiger partial charge >= 0.3 is 6.18 Å². The number of rotatable bonds is 6. The molecule has 1 heterocycles. The molecule has 0 aliphatic rings. The molecule has 3 aromatic rings. The highest BCUT2D eigenvalue weighted by Gasteiger charge is 2.30. The zero-order valence-electron chi connectivity index (χ0n) is 14.4. The predicted molar refractivity (Wildman–Crippen MR) is 93.1 cm³/mol. The number of aromatic nitrogens is 1. The lowest BCUT2D eigenvalue weighted by atomic mass is 10.2. The third-order valence-corrected chi connectivity index (χ3v) is 3.60. The fraction of sp³-hybridized carbons (Fsp3) is 0.150. The molecule has 4 nitrogen and oxygen atoms in total. The van der Waals surface area contributed by atoms with Crippen LogP contribution in [0.2, 0.25) is 0 Å². The number of benzene rings is 2. The van der Waals surface area contributed by atoms with E-state index in [1.165, 1.54) is 25.3 Å². The van der Waals surface area contributed by atoms with Crippen molar-refractivity contribution in [3.63, 3.8) is 0 Å². The number of hydrogen-bond acceptors (Lipinski definition) is 4. The molecule has 0 unspecified atom stereocenters. The summed E-state index contributed by atoms with van der Waals surface area (Å²) in [6.07, 6.45) is -4.45. The summed E-state index contributed by atoms with van der Waals surface area (Å²) < 4.78 is 54.8. The first-order chi connectivity index (χ1) is 12.9. The highest BCUT2D eigenvalue weighted by atomic mass is 19.4. The number of methoxy groups -OCH3 is 1. The normalized spacial score (nSPS) is 11.1. The molecule has 0 saturated carbocycles. The Morgan fingerprint density at radius 1 is 0.852 bits per heavy atom. The molecule has 0 fully saturated rings. The predicted octanol–water partition coefficient (Wildman–Crippen LogP) is 5.48. The Kier molecular flexibility index (Phi) is 5.49. The van der Waals surface area contributed by atoms with Gasteiger partial charge in [0.1, 0.15) is 18.1 Å². The molecule has 140 valence electrons. The molecule has 0 spiro atoms. The van der Waals surface area contributed by atoms with Gasteiger partial charge in [0.25, 0.3) is 0 Å². The topological polar surface area (TPSA) is 40.6 Å². The van der Waals surface area contributed by atoms with E-state index in [9.17, 15) is 13.2 Å². The maximum atomic E-state index is 12.8. The molecular formula is C20H16F3NO3. The first-order valence-electron chi connectivity index (χ1n) is 8.02. The van der Waals surface area contributed by atoms with Gasteiger partial charge in [0.2, 0.25) is 11.8 Å². The largest absolute Gasteiger partial charge is 0.496 e. The van der Waals surface area contributed by atoms with Crippen LogP contribution in [-0.4, -0.2) is 12.1 Å². The van der Waals surface area contributed by atoms with Crippen molar-refractivity contribution in [1.82, 2.24) is 4.98 Å². The zero-order chi connectivity index (χ0) is 19.3. The van der Waals surface area contributed by atoms with Gasteiger partial charge in [-0.1, -0.05) is 36.4 Å². The Hall–Kier alpha value is -3.22. The molecule has 3 rings (SSSR count). The van der Waals surface area contributed by atoms with Crippen molar-refractivity contribution >= 4 is 0 Å². The number of nitrogens with zero attached hydrogens (tertiary/aromatic N) is 1. The SMILES string of the molecule is COc1cc(OCc2ccccc2)nc(Oc2cccc(C(F)(F)F)c2)c1. The van der Waals surface area contributed by atoms with Crippen molar-refractivity contribution in [3.05, 3.63) is 77.9 Å². The molecule has 0 amide bonds. The molecule has 0 aliphatic carbocycles. The minimum atomic E-state index is -4.45. The lowest BCUT2D eigenvalue weighted by Crippen LogP contribution is -2.04. The monoisotopic (exact) mass is 375 g/mol. The average molecular weight is 375 g/mol. The minimum Gasteiger partial charge on any atom is -0.496 e. The highest BCUT2D eigenvalue weighted by molar-refractivity contribution is 5.38. The second-order valence-electron chi connectivity index (χ2n) is 5.59. The summed E-state index contributed by atoms with van der Waals surface area (Å²) in [6.45, 7) is 0.282. The van der Waals surface area contributed by atoms with Crippen molar-refractivity contribution in [1.29, 1.82) is 0 Å². The highest BCUT2D eigenvalue weighted by Crippen LogP contribution is 2.33. The van der Waals surface area contributed by atoms with Gasteiger partial charge in [0.05, 0.1) is 12.7 Å². The summed E-state index contributed by atoms with van der Waals surface area (Å²) in [4.78, 5) is 4.18. The second-order valence-corrected chi connectivity index (χ2v) is 5.59. The van der Waals surface area contributed by atoms with E-state index < -0.39 is 11.7 Å². The lowest BCUT2D eigenvalue weighted by Gasteiger charge is -2.12. The zero-order valence-corrected chi connectivity index (χ0v) is 14.4. The third-order valence-electron chi connectivity index (χ3n) is 3.60. The fourth-order valence-electron chi connectivity index (χ4n) is 2.29. The first-order valence-corrected chi connectivity index (χ1v) is 8.02. The maximum absolute atomic E-state index is 12.8. The van der Waals surface area contributed by atoms with Crippen LogP contribution in [0.4, 0.5) is 13.2 Å². The van der Waals surface area contributed by atoms with E-state index in [0.717, 1.165) is 17.7 Å². The van der Waals surface area contributed by atoms with Crippen LogP contribution < -0.4 is 14.2 Å². The average Bonchev–Trinajstić information content (AvgIpc) is 2.66. The summed E-state index contributed by atoms with van der Waals surface area (Å²) in [5, 5.41) is 0. The summed E-state index contributed by atoms with van der Waals surface area (Å²) in [7, 11) is 1.46. The number of pyridine rings is 1. The minimum absolute atomic E-state index is 0.0135. The molecule has 0 radical (unpaired) electrons. The Morgan fingerprint density at radius 3 is 2.30 bits per heavy atom. The molecule has 0 bridgehead atoms. The van der Waals surface area contributed by atoms with Gasteiger partial charge in [0.15, 0.2) is 0 Å². The van der Waals surface area contributed by atoms with Gasteiger partial charge in [-0.15, -0.1) is 0 Å². The Bertz CT molecular complexity index is 898. The molecule has 0 atom stereocenters. The molecule has 0 N–H and O–H groups in total. The number of halogens is 3. The maximum Gasteiger partial charge on any atom is 0.416 e. The van der Waals surface area contributed by atoms with E-state index in [2.05, 4.69) is 4.98 Å². The van der Waals surface area contributed by atoms with Gasteiger partial charge in [-0.05, 0) is 23.8 Å². The quantitative estimate of drug-likeness (QED) is 0.572. The smallest absolute Gasteiger partial charge is 0.416 e. The summed E-state index contributed by atoms with van der Waals surface area (Å²) >= 11 is 0. The molecule has 2 aromatic carbocycles. The van der Waals surface area contributed by atoms with E-state index in [0.29, 0.717) is 5.75 Å². The van der Waals surface area contributed by atoms with Gasteiger partial charge in [0, 0.05) is 12.1 Å². The van der Waals surface area contributed by atoms with E-state index in [4.69, 9.17) is 14.2 Å². The van der Waals surface area contributed by atoms with Crippen molar-refractivity contribution in [2.45, 2.75) is 12.8 Å².